The van der Waals surface area contributed by atoms with Crippen molar-refractivity contribution in [3.63, 3.8) is 0 Å². The zero-order valence-corrected chi connectivity index (χ0v) is 11.2. The number of halogens is 4. The third kappa shape index (κ3) is 3.94. The first-order chi connectivity index (χ1) is 9.76. The summed E-state index contributed by atoms with van der Waals surface area (Å²) >= 11 is 5.76. The average molecular weight is 320 g/mol. The zero-order valence-electron chi connectivity index (χ0n) is 10.4. The van der Waals surface area contributed by atoms with Crippen LogP contribution < -0.4 is 10.9 Å². The molecule has 0 unspecified atom stereocenters. The predicted molar refractivity (Wildman–Crippen MR) is 70.1 cm³/mol. The number of hydrogen-bond acceptors (Lipinski definition) is 3. The fourth-order valence-electron chi connectivity index (χ4n) is 1.65. The summed E-state index contributed by atoms with van der Waals surface area (Å²) in [6, 6.07) is 4.41. The highest BCUT2D eigenvalue weighted by Crippen LogP contribution is 2.14. The van der Waals surface area contributed by atoms with E-state index in [1.54, 1.807) is 5.32 Å². The molecule has 0 aliphatic carbocycles. The molecule has 0 aliphatic rings. The molecule has 0 bridgehead atoms. The van der Waals surface area contributed by atoms with Crippen LogP contribution in [0, 0.1) is 0 Å². The molecule has 2 rings (SSSR count). The number of nitrogens with one attached hydrogen (secondary N) is 1. The molecule has 5 nitrogen and oxygen atoms in total. The van der Waals surface area contributed by atoms with E-state index in [9.17, 15) is 22.8 Å². The Hall–Kier alpha value is -2.09. The summed E-state index contributed by atoms with van der Waals surface area (Å²) in [5.41, 5.74) is -0.182. The van der Waals surface area contributed by atoms with Crippen LogP contribution in [0.4, 0.5) is 13.2 Å². The molecule has 21 heavy (non-hydrogen) atoms. The van der Waals surface area contributed by atoms with Crippen LogP contribution in [0.15, 0.2) is 29.3 Å². The lowest BCUT2D eigenvalue weighted by Crippen LogP contribution is -2.37. The minimum atomic E-state index is -4.50. The molecular formula is C12H9ClF3N3O2. The first-order valence-electron chi connectivity index (χ1n) is 5.74. The highest BCUT2D eigenvalue weighted by atomic mass is 35.5. The Morgan fingerprint density at radius 2 is 2.10 bits per heavy atom. The largest absolute Gasteiger partial charge is 0.405 e. The molecule has 0 radical (unpaired) electrons. The molecule has 0 spiro atoms. The van der Waals surface area contributed by atoms with Gasteiger partial charge in [0, 0.05) is 5.02 Å². The summed E-state index contributed by atoms with van der Waals surface area (Å²) < 4.78 is 36.8. The predicted octanol–water partition coefficient (Wildman–Crippen LogP) is 1.73. The van der Waals surface area contributed by atoms with Gasteiger partial charge in [-0.2, -0.15) is 13.2 Å². The molecule has 9 heteroatoms. The molecule has 2 aromatic rings. The summed E-state index contributed by atoms with van der Waals surface area (Å²) in [4.78, 5) is 27.4. The van der Waals surface area contributed by atoms with E-state index in [0.29, 0.717) is 10.5 Å². The maximum absolute atomic E-state index is 12.1. The van der Waals surface area contributed by atoms with Crippen molar-refractivity contribution in [3.8, 4) is 0 Å². The second-order valence-corrected chi connectivity index (χ2v) is 4.67. The molecule has 0 atom stereocenters. The van der Waals surface area contributed by atoms with Gasteiger partial charge in [-0.25, -0.2) is 4.98 Å². The molecule has 0 saturated carbocycles. The molecule has 1 heterocycles. The van der Waals surface area contributed by atoms with Gasteiger partial charge in [-0.3, -0.25) is 14.2 Å². The number of alkyl halides is 3. The maximum Gasteiger partial charge on any atom is 0.405 e. The molecule has 1 N–H and O–H groups in total. The van der Waals surface area contributed by atoms with E-state index in [2.05, 4.69) is 4.98 Å². The number of aromatic nitrogens is 2. The molecule has 0 fully saturated rings. The van der Waals surface area contributed by atoms with E-state index in [0.717, 1.165) is 10.9 Å². The third-order valence-electron chi connectivity index (χ3n) is 2.59. The molecule has 1 amide bonds. The van der Waals surface area contributed by atoms with E-state index >= 15 is 0 Å². The van der Waals surface area contributed by atoms with E-state index in [-0.39, 0.29) is 5.39 Å². The number of hydrogen-bond donors (Lipinski definition) is 1. The number of nitrogens with zero attached hydrogens (tertiary/aromatic N) is 2. The molecule has 112 valence electrons. The highest BCUT2D eigenvalue weighted by molar-refractivity contribution is 6.31. The number of amides is 1. The number of carbonyl (C=O) groups is 1. The van der Waals surface area contributed by atoms with Crippen molar-refractivity contribution in [2.75, 3.05) is 6.54 Å². The number of benzene rings is 1. The minimum absolute atomic E-state index is 0.227. The van der Waals surface area contributed by atoms with Gasteiger partial charge in [0.2, 0.25) is 5.91 Å². The molecule has 0 saturated heterocycles. The van der Waals surface area contributed by atoms with Gasteiger partial charge in [0.05, 0.1) is 17.2 Å². The van der Waals surface area contributed by atoms with Crippen LogP contribution in [0.5, 0.6) is 0 Å². The Labute approximate surface area is 121 Å². The Balaban J connectivity index is 2.20. The summed E-state index contributed by atoms with van der Waals surface area (Å²) in [5.74, 6) is -0.926. The van der Waals surface area contributed by atoms with Crippen LogP contribution in [0.1, 0.15) is 0 Å². The molecule has 1 aromatic heterocycles. The number of carbonyl (C=O) groups excluding carboxylic acids is 1. The number of fused-ring (bicyclic) bond motifs is 1. The lowest BCUT2D eigenvalue weighted by molar-refractivity contribution is -0.138. The van der Waals surface area contributed by atoms with Gasteiger partial charge in [-0.15, -0.1) is 0 Å². The molecular weight excluding hydrogens is 311 g/mol. The van der Waals surface area contributed by atoms with Gasteiger partial charge in [0.25, 0.3) is 5.56 Å². The van der Waals surface area contributed by atoms with Crippen LogP contribution in [0.25, 0.3) is 10.9 Å². The summed E-state index contributed by atoms with van der Waals surface area (Å²) in [6.45, 7) is -1.99. The first kappa shape index (κ1) is 15.3. The summed E-state index contributed by atoms with van der Waals surface area (Å²) in [5, 5.41) is 2.31. The van der Waals surface area contributed by atoms with Gasteiger partial charge in [-0.05, 0) is 18.2 Å². The van der Waals surface area contributed by atoms with Crippen LogP contribution in [0.3, 0.4) is 0 Å². The quantitative estimate of drug-likeness (QED) is 0.937. The van der Waals surface area contributed by atoms with Crippen LogP contribution >= 0.6 is 11.6 Å². The average Bonchev–Trinajstić information content (AvgIpc) is 2.39. The Kier molecular flexibility index (Phi) is 4.17. The summed E-state index contributed by atoms with van der Waals surface area (Å²) in [7, 11) is 0. The monoisotopic (exact) mass is 319 g/mol. The summed E-state index contributed by atoms with van der Waals surface area (Å²) in [6.07, 6.45) is -3.41. The normalized spacial score (nSPS) is 11.6. The topological polar surface area (TPSA) is 64.0 Å². The van der Waals surface area contributed by atoms with Crippen LogP contribution in [-0.4, -0.2) is 28.2 Å². The Morgan fingerprint density at radius 3 is 2.76 bits per heavy atom. The SMILES string of the molecule is O=C(Cn1cnc2cc(Cl)ccc2c1=O)NCC(F)(F)F. The minimum Gasteiger partial charge on any atom is -0.345 e. The maximum atomic E-state index is 12.1. The van der Waals surface area contributed by atoms with Gasteiger partial charge >= 0.3 is 6.18 Å². The standard InChI is InChI=1S/C12H9ClF3N3O2/c13-7-1-2-8-9(3-7)18-6-19(11(8)21)4-10(20)17-5-12(14,15)16/h1-3,6H,4-5H2,(H,17,20). The second kappa shape index (κ2) is 5.72. The molecule has 1 aromatic carbocycles. The van der Waals surface area contributed by atoms with Crippen molar-refractivity contribution in [2.24, 2.45) is 0 Å². The zero-order chi connectivity index (χ0) is 15.6. The lowest BCUT2D eigenvalue weighted by atomic mass is 10.2. The van der Waals surface area contributed by atoms with Crippen LogP contribution in [-0.2, 0) is 11.3 Å². The smallest absolute Gasteiger partial charge is 0.345 e. The fraction of sp³-hybridized carbons (Fsp3) is 0.250. The van der Waals surface area contributed by atoms with Gasteiger partial charge < -0.3 is 5.32 Å². The van der Waals surface area contributed by atoms with Gasteiger partial charge in [0.15, 0.2) is 0 Å². The van der Waals surface area contributed by atoms with Crippen molar-refractivity contribution < 1.29 is 18.0 Å². The van der Waals surface area contributed by atoms with Gasteiger partial charge in [-0.1, -0.05) is 11.6 Å². The van der Waals surface area contributed by atoms with Crippen LogP contribution in [0.2, 0.25) is 5.02 Å². The first-order valence-corrected chi connectivity index (χ1v) is 6.12. The Morgan fingerprint density at radius 1 is 1.38 bits per heavy atom. The highest BCUT2D eigenvalue weighted by Gasteiger charge is 2.27. The second-order valence-electron chi connectivity index (χ2n) is 4.23. The Bertz CT molecular complexity index is 743. The van der Waals surface area contributed by atoms with E-state index in [4.69, 9.17) is 11.6 Å². The van der Waals surface area contributed by atoms with Crippen molar-refractivity contribution in [2.45, 2.75) is 12.7 Å². The number of rotatable bonds is 3. The van der Waals surface area contributed by atoms with E-state index in [1.807, 2.05) is 0 Å². The van der Waals surface area contributed by atoms with E-state index in [1.165, 1.54) is 18.2 Å². The molecule has 0 aliphatic heterocycles. The van der Waals surface area contributed by atoms with Crippen molar-refractivity contribution in [3.05, 3.63) is 39.9 Å². The third-order valence-corrected chi connectivity index (χ3v) is 2.82. The van der Waals surface area contributed by atoms with Crippen molar-refractivity contribution in [1.82, 2.24) is 14.9 Å². The lowest BCUT2D eigenvalue weighted by Gasteiger charge is -2.09. The van der Waals surface area contributed by atoms with E-state index < -0.39 is 30.7 Å². The fourth-order valence-corrected chi connectivity index (χ4v) is 1.82. The van der Waals surface area contributed by atoms with Crippen molar-refractivity contribution in [1.29, 1.82) is 0 Å². The van der Waals surface area contributed by atoms with Crippen molar-refractivity contribution >= 4 is 28.4 Å². The van der Waals surface area contributed by atoms with Gasteiger partial charge in [0.1, 0.15) is 13.1 Å².